The maximum atomic E-state index is 10.2. The molecule has 0 saturated heterocycles. The summed E-state index contributed by atoms with van der Waals surface area (Å²) in [5, 5.41) is 8.36. The van der Waals surface area contributed by atoms with Crippen LogP contribution in [0.4, 0.5) is 4.79 Å². The minimum Gasteiger partial charge on any atom is -0.450 e. The van der Waals surface area contributed by atoms with E-state index in [0.29, 0.717) is 11.8 Å². The van der Waals surface area contributed by atoms with Gasteiger partial charge in [-0.25, -0.2) is 4.79 Å². The van der Waals surface area contributed by atoms with E-state index in [1.54, 1.807) is 0 Å². The smallest absolute Gasteiger partial charge is 0.450 e. The second kappa shape index (κ2) is 2.26. The van der Waals surface area contributed by atoms with Crippen LogP contribution in [0.2, 0.25) is 0 Å². The molecule has 0 heterocycles. The lowest BCUT2D eigenvalue weighted by molar-refractivity contribution is 0.0413. The van der Waals surface area contributed by atoms with Gasteiger partial charge in [0.15, 0.2) is 0 Å². The number of hydrogen-bond acceptors (Lipinski definition) is 2. The van der Waals surface area contributed by atoms with Crippen LogP contribution in [0.15, 0.2) is 12.2 Å². The lowest BCUT2D eigenvalue weighted by Gasteiger charge is -2.15. The Morgan fingerprint density at radius 3 is 2.73 bits per heavy atom. The molecule has 3 nitrogen and oxygen atoms in total. The lowest BCUT2D eigenvalue weighted by atomic mass is 10.1. The van der Waals surface area contributed by atoms with E-state index >= 15 is 0 Å². The normalized spacial score (nSPS) is 39.5. The SMILES string of the molecule is O=C(O)OC1CC2C=CC1C2. The molecule has 3 atom stereocenters. The summed E-state index contributed by atoms with van der Waals surface area (Å²) in [7, 11) is 0. The van der Waals surface area contributed by atoms with Gasteiger partial charge in [0.25, 0.3) is 0 Å². The molecule has 3 unspecified atom stereocenters. The van der Waals surface area contributed by atoms with Gasteiger partial charge in [0.1, 0.15) is 6.10 Å². The lowest BCUT2D eigenvalue weighted by Crippen LogP contribution is -2.20. The number of rotatable bonds is 1. The molecule has 0 aromatic heterocycles. The first-order valence-electron chi connectivity index (χ1n) is 3.83. The summed E-state index contributed by atoms with van der Waals surface area (Å²) < 4.78 is 4.71. The van der Waals surface area contributed by atoms with Crippen LogP contribution in [-0.4, -0.2) is 17.4 Å². The van der Waals surface area contributed by atoms with Crippen molar-refractivity contribution < 1.29 is 14.6 Å². The first-order valence-corrected chi connectivity index (χ1v) is 3.83. The van der Waals surface area contributed by atoms with Crippen molar-refractivity contribution >= 4 is 6.16 Å². The van der Waals surface area contributed by atoms with Gasteiger partial charge in [0.2, 0.25) is 0 Å². The van der Waals surface area contributed by atoms with Gasteiger partial charge in [-0.3, -0.25) is 0 Å². The summed E-state index contributed by atoms with van der Waals surface area (Å²) >= 11 is 0. The zero-order chi connectivity index (χ0) is 7.84. The van der Waals surface area contributed by atoms with Crippen LogP contribution in [0.25, 0.3) is 0 Å². The van der Waals surface area contributed by atoms with Crippen molar-refractivity contribution in [1.29, 1.82) is 0 Å². The Bertz CT molecular complexity index is 209. The van der Waals surface area contributed by atoms with E-state index in [9.17, 15) is 4.79 Å². The molecule has 3 heteroatoms. The molecule has 0 amide bonds. The second-order valence-corrected chi connectivity index (χ2v) is 3.20. The van der Waals surface area contributed by atoms with Gasteiger partial charge in [-0.1, -0.05) is 12.2 Å². The molecular weight excluding hydrogens is 144 g/mol. The Kier molecular flexibility index (Phi) is 1.37. The third-order valence-corrected chi connectivity index (χ3v) is 2.47. The molecule has 0 aromatic carbocycles. The number of carbonyl (C=O) groups is 1. The van der Waals surface area contributed by atoms with Crippen molar-refractivity contribution in [2.45, 2.75) is 18.9 Å². The third kappa shape index (κ3) is 1.11. The van der Waals surface area contributed by atoms with E-state index in [-0.39, 0.29) is 6.10 Å². The van der Waals surface area contributed by atoms with Crippen LogP contribution in [-0.2, 0) is 4.74 Å². The molecule has 2 bridgehead atoms. The summed E-state index contributed by atoms with van der Waals surface area (Å²) in [5.74, 6) is 0.931. The number of fused-ring (bicyclic) bond motifs is 2. The number of carboxylic acid groups (broad SMARTS) is 1. The average Bonchev–Trinajstić information content (AvgIpc) is 2.45. The van der Waals surface area contributed by atoms with Gasteiger partial charge in [-0.15, -0.1) is 0 Å². The monoisotopic (exact) mass is 154 g/mol. The minimum atomic E-state index is -1.14. The van der Waals surface area contributed by atoms with Crippen molar-refractivity contribution in [2.75, 3.05) is 0 Å². The molecule has 0 radical (unpaired) electrons. The first kappa shape index (κ1) is 6.70. The predicted molar refractivity (Wildman–Crippen MR) is 38.3 cm³/mol. The fourth-order valence-corrected chi connectivity index (χ4v) is 2.00. The Balaban J connectivity index is 1.98. The summed E-state index contributed by atoms with van der Waals surface area (Å²) in [6, 6.07) is 0. The summed E-state index contributed by atoms with van der Waals surface area (Å²) in [6.07, 6.45) is 4.98. The predicted octanol–water partition coefficient (Wildman–Crippen LogP) is 1.65. The fraction of sp³-hybridized carbons (Fsp3) is 0.625. The van der Waals surface area contributed by atoms with E-state index in [0.717, 1.165) is 12.8 Å². The largest absolute Gasteiger partial charge is 0.506 e. The molecule has 0 aromatic rings. The molecule has 60 valence electrons. The molecule has 2 aliphatic carbocycles. The molecular formula is C8H10O3. The van der Waals surface area contributed by atoms with Crippen molar-refractivity contribution in [3.8, 4) is 0 Å². The highest BCUT2D eigenvalue weighted by atomic mass is 16.7. The van der Waals surface area contributed by atoms with Gasteiger partial charge in [-0.05, 0) is 18.8 Å². The van der Waals surface area contributed by atoms with E-state index in [1.807, 2.05) is 0 Å². The van der Waals surface area contributed by atoms with Gasteiger partial charge in [0.05, 0.1) is 0 Å². The van der Waals surface area contributed by atoms with Crippen molar-refractivity contribution in [2.24, 2.45) is 11.8 Å². The number of hydrogen-bond donors (Lipinski definition) is 1. The quantitative estimate of drug-likeness (QED) is 0.461. The topological polar surface area (TPSA) is 46.5 Å². The molecule has 2 rings (SSSR count). The third-order valence-electron chi connectivity index (χ3n) is 2.47. The Hall–Kier alpha value is -0.990. The molecule has 1 fully saturated rings. The van der Waals surface area contributed by atoms with E-state index in [2.05, 4.69) is 12.2 Å². The van der Waals surface area contributed by atoms with Crippen molar-refractivity contribution in [3.05, 3.63) is 12.2 Å². The maximum absolute atomic E-state index is 10.2. The van der Waals surface area contributed by atoms with E-state index in [4.69, 9.17) is 9.84 Å². The molecule has 0 aliphatic heterocycles. The standard InChI is InChI=1S/C8H10O3/c9-8(10)11-7-4-5-1-2-6(7)3-5/h1-2,5-7H,3-4H2,(H,9,10). The van der Waals surface area contributed by atoms with Gasteiger partial charge in [0, 0.05) is 5.92 Å². The zero-order valence-electron chi connectivity index (χ0n) is 6.06. The Labute approximate surface area is 64.7 Å². The van der Waals surface area contributed by atoms with Crippen molar-refractivity contribution in [1.82, 2.24) is 0 Å². The van der Waals surface area contributed by atoms with E-state index < -0.39 is 6.16 Å². The summed E-state index contributed by atoms with van der Waals surface area (Å²) in [6.45, 7) is 0. The fourth-order valence-electron chi connectivity index (χ4n) is 2.00. The Morgan fingerprint density at radius 2 is 2.27 bits per heavy atom. The average molecular weight is 154 g/mol. The highest BCUT2D eigenvalue weighted by molar-refractivity contribution is 5.57. The van der Waals surface area contributed by atoms with Crippen molar-refractivity contribution in [3.63, 3.8) is 0 Å². The van der Waals surface area contributed by atoms with Gasteiger partial charge >= 0.3 is 6.16 Å². The minimum absolute atomic E-state index is 0.0671. The molecule has 2 aliphatic rings. The number of ether oxygens (including phenoxy) is 1. The number of allylic oxidation sites excluding steroid dienone is 1. The van der Waals surface area contributed by atoms with Crippen LogP contribution in [0.5, 0.6) is 0 Å². The molecule has 1 saturated carbocycles. The van der Waals surface area contributed by atoms with Crippen LogP contribution >= 0.6 is 0 Å². The maximum Gasteiger partial charge on any atom is 0.506 e. The van der Waals surface area contributed by atoms with Crippen LogP contribution in [0.1, 0.15) is 12.8 Å². The van der Waals surface area contributed by atoms with E-state index in [1.165, 1.54) is 0 Å². The first-order chi connectivity index (χ1) is 5.25. The summed E-state index contributed by atoms with van der Waals surface area (Å²) in [4.78, 5) is 10.2. The highest BCUT2D eigenvalue weighted by Gasteiger charge is 2.37. The summed E-state index contributed by atoms with van der Waals surface area (Å²) in [5.41, 5.74) is 0. The Morgan fingerprint density at radius 1 is 1.45 bits per heavy atom. The van der Waals surface area contributed by atoms with Gasteiger partial charge in [-0.2, -0.15) is 0 Å². The molecule has 1 N–H and O–H groups in total. The van der Waals surface area contributed by atoms with Crippen LogP contribution < -0.4 is 0 Å². The molecule has 0 spiro atoms. The second-order valence-electron chi connectivity index (χ2n) is 3.20. The van der Waals surface area contributed by atoms with Crippen LogP contribution in [0, 0.1) is 11.8 Å². The van der Waals surface area contributed by atoms with Gasteiger partial charge < -0.3 is 9.84 Å². The zero-order valence-corrected chi connectivity index (χ0v) is 6.06. The highest BCUT2D eigenvalue weighted by Crippen LogP contribution is 2.40. The molecule has 11 heavy (non-hydrogen) atoms. The van der Waals surface area contributed by atoms with Crippen LogP contribution in [0.3, 0.4) is 0 Å².